The van der Waals surface area contributed by atoms with E-state index in [4.69, 9.17) is 5.11 Å². The summed E-state index contributed by atoms with van der Waals surface area (Å²) in [4.78, 5) is 0. The van der Waals surface area contributed by atoms with Crippen LogP contribution in [0.3, 0.4) is 0 Å². The molecule has 72 valence electrons. The van der Waals surface area contributed by atoms with Crippen LogP contribution in [0.5, 0.6) is 5.75 Å². The van der Waals surface area contributed by atoms with E-state index in [0.717, 1.165) is 18.8 Å². The van der Waals surface area contributed by atoms with Gasteiger partial charge in [0.25, 0.3) is 0 Å². The zero-order valence-corrected chi connectivity index (χ0v) is 8.12. The van der Waals surface area contributed by atoms with E-state index in [1.165, 1.54) is 0 Å². The van der Waals surface area contributed by atoms with Crippen molar-refractivity contribution in [1.82, 2.24) is 5.01 Å². The number of benzene rings is 1. The Hall–Kier alpha value is -1.22. The highest BCUT2D eigenvalue weighted by Gasteiger charge is 1.97. The third-order valence-electron chi connectivity index (χ3n) is 1.92. The number of hydrogen-bond donors (Lipinski definition) is 2. The van der Waals surface area contributed by atoms with Gasteiger partial charge < -0.3 is 10.5 Å². The van der Waals surface area contributed by atoms with Crippen LogP contribution < -0.4 is 5.43 Å². The Morgan fingerprint density at radius 1 is 1.15 bits per heavy atom. The molecule has 1 aromatic carbocycles. The first-order chi connectivity index (χ1) is 6.26. The van der Waals surface area contributed by atoms with Crippen molar-refractivity contribution in [2.75, 3.05) is 18.5 Å². The first kappa shape index (κ1) is 9.86. The largest absolute Gasteiger partial charge is 0.508 e. The number of hydrazine groups is 1. The molecule has 1 rings (SSSR count). The Kier molecular flexibility index (Phi) is 3.58. The van der Waals surface area contributed by atoms with Gasteiger partial charge >= 0.3 is 0 Å². The van der Waals surface area contributed by atoms with E-state index >= 15 is 0 Å². The molecule has 0 aliphatic carbocycles. The first-order valence-corrected chi connectivity index (χ1v) is 4.57. The number of nitrogens with zero attached hydrogens (tertiary/aromatic N) is 1. The van der Waals surface area contributed by atoms with Gasteiger partial charge in [-0.25, -0.2) is 5.01 Å². The second-order valence-electron chi connectivity index (χ2n) is 2.83. The molecule has 0 aliphatic heterocycles. The Bertz CT molecular complexity index is 242. The van der Waals surface area contributed by atoms with Gasteiger partial charge in [-0.1, -0.05) is 13.8 Å². The standard InChI is InChI=1S/C10H16N2O/c1-3-12(4-2)11-9-5-7-10(13)8-6-9/h5-8,11,13H,3-4H2,1-2H3. The normalized spacial score (nSPS) is 10.4. The van der Waals surface area contributed by atoms with Gasteiger partial charge in [0.05, 0.1) is 0 Å². The summed E-state index contributed by atoms with van der Waals surface area (Å²) in [5, 5.41) is 11.2. The molecule has 0 atom stereocenters. The maximum Gasteiger partial charge on any atom is 0.115 e. The molecule has 1 aromatic rings. The van der Waals surface area contributed by atoms with Crippen molar-refractivity contribution < 1.29 is 5.11 Å². The summed E-state index contributed by atoms with van der Waals surface area (Å²) < 4.78 is 0. The van der Waals surface area contributed by atoms with Crippen LogP contribution in [-0.2, 0) is 0 Å². The van der Waals surface area contributed by atoms with Crippen molar-refractivity contribution in [3.63, 3.8) is 0 Å². The van der Waals surface area contributed by atoms with Crippen LogP contribution in [0.1, 0.15) is 13.8 Å². The molecule has 0 unspecified atom stereocenters. The molecule has 0 heterocycles. The molecule has 0 saturated heterocycles. The van der Waals surface area contributed by atoms with Gasteiger partial charge in [0.1, 0.15) is 5.75 Å². The zero-order chi connectivity index (χ0) is 9.68. The number of nitrogens with one attached hydrogen (secondary N) is 1. The van der Waals surface area contributed by atoms with Crippen molar-refractivity contribution in [3.05, 3.63) is 24.3 Å². The Balaban J connectivity index is 2.58. The van der Waals surface area contributed by atoms with Gasteiger partial charge in [0, 0.05) is 18.8 Å². The van der Waals surface area contributed by atoms with Gasteiger partial charge in [-0.3, -0.25) is 0 Å². The lowest BCUT2D eigenvalue weighted by molar-refractivity contribution is 0.367. The molecule has 0 saturated carbocycles. The Labute approximate surface area is 79.0 Å². The number of phenolic OH excluding ortho intramolecular Hbond substituents is 1. The van der Waals surface area contributed by atoms with Gasteiger partial charge in [-0.2, -0.15) is 0 Å². The molecule has 13 heavy (non-hydrogen) atoms. The minimum absolute atomic E-state index is 0.296. The molecule has 0 aliphatic rings. The van der Waals surface area contributed by atoms with E-state index in [0.29, 0.717) is 5.75 Å². The topological polar surface area (TPSA) is 35.5 Å². The molecule has 0 radical (unpaired) electrons. The fraction of sp³-hybridized carbons (Fsp3) is 0.400. The van der Waals surface area contributed by atoms with Crippen molar-refractivity contribution >= 4 is 5.69 Å². The lowest BCUT2D eigenvalue weighted by Crippen LogP contribution is -2.29. The highest BCUT2D eigenvalue weighted by Crippen LogP contribution is 2.13. The number of hydrogen-bond acceptors (Lipinski definition) is 3. The summed E-state index contributed by atoms with van der Waals surface area (Å²) in [6, 6.07) is 7.05. The number of rotatable bonds is 4. The van der Waals surface area contributed by atoms with Crippen LogP contribution in [0, 0.1) is 0 Å². The molecular weight excluding hydrogens is 164 g/mol. The van der Waals surface area contributed by atoms with Crippen LogP contribution in [0.2, 0.25) is 0 Å². The fourth-order valence-corrected chi connectivity index (χ4v) is 1.10. The Morgan fingerprint density at radius 2 is 1.69 bits per heavy atom. The highest BCUT2D eigenvalue weighted by molar-refractivity contribution is 5.45. The maximum absolute atomic E-state index is 9.06. The highest BCUT2D eigenvalue weighted by atomic mass is 16.3. The van der Waals surface area contributed by atoms with Crippen LogP contribution in [0.4, 0.5) is 5.69 Å². The maximum atomic E-state index is 9.06. The predicted molar refractivity (Wildman–Crippen MR) is 54.7 cm³/mol. The van der Waals surface area contributed by atoms with Crippen LogP contribution in [-0.4, -0.2) is 23.2 Å². The summed E-state index contributed by atoms with van der Waals surface area (Å²) in [7, 11) is 0. The van der Waals surface area contributed by atoms with E-state index < -0.39 is 0 Å². The minimum atomic E-state index is 0.296. The molecule has 3 heteroatoms. The molecule has 0 bridgehead atoms. The average molecular weight is 180 g/mol. The lowest BCUT2D eigenvalue weighted by Gasteiger charge is -2.20. The molecule has 3 nitrogen and oxygen atoms in total. The van der Waals surface area contributed by atoms with E-state index in [-0.39, 0.29) is 0 Å². The summed E-state index contributed by atoms with van der Waals surface area (Å²) >= 11 is 0. The van der Waals surface area contributed by atoms with Crippen molar-refractivity contribution in [3.8, 4) is 5.75 Å². The van der Waals surface area contributed by atoms with Crippen molar-refractivity contribution in [2.24, 2.45) is 0 Å². The van der Waals surface area contributed by atoms with Crippen LogP contribution in [0.25, 0.3) is 0 Å². The quantitative estimate of drug-likeness (QED) is 0.550. The summed E-state index contributed by atoms with van der Waals surface area (Å²) in [6.07, 6.45) is 0. The number of anilines is 1. The van der Waals surface area contributed by atoms with Gasteiger partial charge in [-0.15, -0.1) is 0 Å². The SMILES string of the molecule is CCN(CC)Nc1ccc(O)cc1. The molecule has 0 fully saturated rings. The third-order valence-corrected chi connectivity index (χ3v) is 1.92. The fourth-order valence-electron chi connectivity index (χ4n) is 1.10. The number of phenols is 1. The molecule has 0 spiro atoms. The number of aromatic hydroxyl groups is 1. The van der Waals surface area contributed by atoms with E-state index in [1.54, 1.807) is 12.1 Å². The summed E-state index contributed by atoms with van der Waals surface area (Å²) in [5.41, 5.74) is 4.23. The molecular formula is C10H16N2O. The van der Waals surface area contributed by atoms with Crippen LogP contribution in [0.15, 0.2) is 24.3 Å². The second-order valence-corrected chi connectivity index (χ2v) is 2.83. The minimum Gasteiger partial charge on any atom is -0.508 e. The molecule has 2 N–H and O–H groups in total. The summed E-state index contributed by atoms with van der Waals surface area (Å²) in [5.74, 6) is 0.296. The van der Waals surface area contributed by atoms with Crippen molar-refractivity contribution in [1.29, 1.82) is 0 Å². The van der Waals surface area contributed by atoms with Gasteiger partial charge in [0.15, 0.2) is 0 Å². The van der Waals surface area contributed by atoms with Gasteiger partial charge in [-0.05, 0) is 24.3 Å². The molecule has 0 aromatic heterocycles. The van der Waals surface area contributed by atoms with E-state index in [2.05, 4.69) is 24.3 Å². The summed E-state index contributed by atoms with van der Waals surface area (Å²) in [6.45, 7) is 6.10. The van der Waals surface area contributed by atoms with E-state index in [1.807, 2.05) is 12.1 Å². The van der Waals surface area contributed by atoms with Crippen molar-refractivity contribution in [2.45, 2.75) is 13.8 Å². The Morgan fingerprint density at radius 3 is 2.15 bits per heavy atom. The van der Waals surface area contributed by atoms with Gasteiger partial charge in [0.2, 0.25) is 0 Å². The monoisotopic (exact) mass is 180 g/mol. The lowest BCUT2D eigenvalue weighted by atomic mass is 10.3. The predicted octanol–water partition coefficient (Wildman–Crippen LogP) is 2.06. The third kappa shape index (κ3) is 2.95. The smallest absolute Gasteiger partial charge is 0.115 e. The van der Waals surface area contributed by atoms with Crippen LogP contribution >= 0.6 is 0 Å². The van der Waals surface area contributed by atoms with E-state index in [9.17, 15) is 0 Å². The average Bonchev–Trinajstić information content (AvgIpc) is 2.17. The molecule has 0 amide bonds. The second kappa shape index (κ2) is 4.72. The first-order valence-electron chi connectivity index (χ1n) is 4.57. The zero-order valence-electron chi connectivity index (χ0n) is 8.12.